The minimum Gasteiger partial charge on any atom is -0.469 e. The lowest BCUT2D eigenvalue weighted by Gasteiger charge is -2.29. The molecule has 1 atom stereocenters. The van der Waals surface area contributed by atoms with Gasteiger partial charge in [0.1, 0.15) is 5.82 Å². The third kappa shape index (κ3) is 3.21. The zero-order chi connectivity index (χ0) is 13.2. The van der Waals surface area contributed by atoms with Gasteiger partial charge in [-0.3, -0.25) is 4.79 Å². The maximum Gasteiger partial charge on any atom is 0.313 e. The Labute approximate surface area is 113 Å². The summed E-state index contributed by atoms with van der Waals surface area (Å²) in [6.07, 6.45) is 0. The lowest BCUT2D eigenvalue weighted by atomic mass is 9.80. The monoisotopic (exact) mass is 275 g/mol. The fraction of sp³-hybridized carbons (Fsp3) is 0.462. The minimum atomic E-state index is -0.967. The molecule has 0 spiro atoms. The molecule has 18 heavy (non-hydrogen) atoms. The number of methoxy groups -OCH3 is 1. The molecular formula is C13H19ClFNO2. The number of rotatable bonds is 3. The number of esters is 1. The number of hydrogen-bond acceptors (Lipinski definition) is 3. The molecule has 102 valence electrons. The van der Waals surface area contributed by atoms with Crippen LogP contribution in [0.3, 0.4) is 0 Å². The highest BCUT2D eigenvalue weighted by atomic mass is 35.5. The molecule has 1 aromatic carbocycles. The lowest BCUT2D eigenvalue weighted by molar-refractivity contribution is -0.152. The molecule has 0 aliphatic rings. The van der Waals surface area contributed by atoms with Crippen LogP contribution >= 0.6 is 12.4 Å². The van der Waals surface area contributed by atoms with Crippen molar-refractivity contribution in [3.05, 3.63) is 35.1 Å². The standard InChI is InChI=1S/C13H18FNO2.ClH/c1-8-5-6-9(10(14)7-8)11(15)13(2,3)12(16)17-4;/h5-7,11H,15H2,1-4H3;1H/t11-;/m1./s1. The molecule has 0 saturated heterocycles. The molecule has 1 aromatic rings. The first-order valence-corrected chi connectivity index (χ1v) is 5.40. The third-order valence-electron chi connectivity index (χ3n) is 2.98. The van der Waals surface area contributed by atoms with Crippen molar-refractivity contribution in [1.82, 2.24) is 0 Å². The number of aryl methyl sites for hydroxylation is 1. The number of benzene rings is 1. The van der Waals surface area contributed by atoms with Crippen molar-refractivity contribution in [2.24, 2.45) is 11.1 Å². The van der Waals surface area contributed by atoms with Crippen LogP contribution in [0, 0.1) is 18.2 Å². The summed E-state index contributed by atoms with van der Waals surface area (Å²) in [5.74, 6) is -0.848. The molecule has 0 aliphatic carbocycles. The van der Waals surface area contributed by atoms with Gasteiger partial charge in [0, 0.05) is 11.6 Å². The van der Waals surface area contributed by atoms with E-state index in [0.29, 0.717) is 5.56 Å². The molecule has 0 fully saturated rings. The van der Waals surface area contributed by atoms with Crippen LogP contribution in [0.25, 0.3) is 0 Å². The largest absolute Gasteiger partial charge is 0.469 e. The topological polar surface area (TPSA) is 52.3 Å². The summed E-state index contributed by atoms with van der Waals surface area (Å²) in [5.41, 5.74) is 6.13. The van der Waals surface area contributed by atoms with Crippen LogP contribution in [-0.2, 0) is 9.53 Å². The van der Waals surface area contributed by atoms with Crippen LogP contribution in [0.15, 0.2) is 18.2 Å². The molecular weight excluding hydrogens is 257 g/mol. The molecule has 0 saturated carbocycles. The van der Waals surface area contributed by atoms with Gasteiger partial charge in [-0.15, -0.1) is 12.4 Å². The van der Waals surface area contributed by atoms with Gasteiger partial charge in [0.05, 0.1) is 12.5 Å². The Balaban J connectivity index is 0.00000289. The van der Waals surface area contributed by atoms with Gasteiger partial charge in [0.25, 0.3) is 0 Å². The zero-order valence-electron chi connectivity index (χ0n) is 11.0. The summed E-state index contributed by atoms with van der Waals surface area (Å²) >= 11 is 0. The van der Waals surface area contributed by atoms with Gasteiger partial charge in [-0.1, -0.05) is 12.1 Å². The Kier molecular flexibility index (Phi) is 5.77. The number of ether oxygens (including phenoxy) is 1. The van der Waals surface area contributed by atoms with E-state index in [9.17, 15) is 9.18 Å². The van der Waals surface area contributed by atoms with Crippen molar-refractivity contribution in [1.29, 1.82) is 0 Å². The van der Waals surface area contributed by atoms with Crippen molar-refractivity contribution in [2.45, 2.75) is 26.8 Å². The first-order chi connectivity index (χ1) is 7.80. The molecule has 0 radical (unpaired) electrons. The van der Waals surface area contributed by atoms with E-state index in [1.165, 1.54) is 13.2 Å². The van der Waals surface area contributed by atoms with Crippen molar-refractivity contribution in [2.75, 3.05) is 7.11 Å². The zero-order valence-corrected chi connectivity index (χ0v) is 11.8. The maximum absolute atomic E-state index is 13.8. The van der Waals surface area contributed by atoms with E-state index >= 15 is 0 Å². The van der Waals surface area contributed by atoms with Gasteiger partial charge >= 0.3 is 5.97 Å². The summed E-state index contributed by atoms with van der Waals surface area (Å²) in [6.45, 7) is 5.08. The fourth-order valence-electron chi connectivity index (χ4n) is 1.66. The number of nitrogens with two attached hydrogens (primary N) is 1. The Hall–Kier alpha value is -1.13. The normalized spacial score (nSPS) is 12.6. The van der Waals surface area contributed by atoms with E-state index < -0.39 is 23.2 Å². The van der Waals surface area contributed by atoms with Gasteiger partial charge in [0.15, 0.2) is 0 Å². The Morgan fingerprint density at radius 2 is 2.00 bits per heavy atom. The summed E-state index contributed by atoms with van der Waals surface area (Å²) in [7, 11) is 1.29. The van der Waals surface area contributed by atoms with Crippen molar-refractivity contribution in [3.63, 3.8) is 0 Å². The second kappa shape index (κ2) is 6.16. The molecule has 5 heteroatoms. The van der Waals surface area contributed by atoms with Gasteiger partial charge in [-0.25, -0.2) is 4.39 Å². The van der Waals surface area contributed by atoms with Crippen molar-refractivity contribution in [3.8, 4) is 0 Å². The van der Waals surface area contributed by atoms with E-state index in [1.807, 2.05) is 0 Å². The Bertz CT molecular complexity index is 435. The minimum absolute atomic E-state index is 0. The molecule has 0 aromatic heterocycles. The average Bonchev–Trinajstić information content (AvgIpc) is 2.27. The number of carbonyl (C=O) groups is 1. The number of halogens is 2. The molecule has 3 nitrogen and oxygen atoms in total. The molecule has 0 bridgehead atoms. The van der Waals surface area contributed by atoms with Gasteiger partial charge in [-0.05, 0) is 32.4 Å². The summed E-state index contributed by atoms with van der Waals surface area (Å²) < 4.78 is 18.4. The predicted molar refractivity (Wildman–Crippen MR) is 71.1 cm³/mol. The number of carbonyl (C=O) groups excluding carboxylic acids is 1. The first kappa shape index (κ1) is 16.9. The molecule has 0 heterocycles. The summed E-state index contributed by atoms with van der Waals surface area (Å²) in [4.78, 5) is 11.6. The average molecular weight is 276 g/mol. The molecule has 2 N–H and O–H groups in total. The van der Waals surface area contributed by atoms with Gasteiger partial charge in [-0.2, -0.15) is 0 Å². The van der Waals surface area contributed by atoms with Gasteiger partial charge < -0.3 is 10.5 Å². The summed E-state index contributed by atoms with van der Waals surface area (Å²) in [5, 5.41) is 0. The molecule has 0 unspecified atom stereocenters. The quantitative estimate of drug-likeness (QED) is 0.863. The van der Waals surface area contributed by atoms with Crippen LogP contribution < -0.4 is 5.73 Å². The van der Waals surface area contributed by atoms with E-state index in [4.69, 9.17) is 5.73 Å². The van der Waals surface area contributed by atoms with E-state index in [-0.39, 0.29) is 12.4 Å². The first-order valence-electron chi connectivity index (χ1n) is 5.40. The maximum atomic E-state index is 13.8. The van der Waals surface area contributed by atoms with Crippen LogP contribution in [0.4, 0.5) is 4.39 Å². The Morgan fingerprint density at radius 1 is 1.44 bits per heavy atom. The van der Waals surface area contributed by atoms with E-state index in [2.05, 4.69) is 4.74 Å². The van der Waals surface area contributed by atoms with E-state index in [1.54, 1.807) is 32.9 Å². The summed E-state index contributed by atoms with van der Waals surface area (Å²) in [6, 6.07) is 4.05. The second-order valence-corrected chi connectivity index (χ2v) is 4.72. The predicted octanol–water partition coefficient (Wildman–Crippen LogP) is 2.75. The van der Waals surface area contributed by atoms with E-state index in [0.717, 1.165) is 5.56 Å². The van der Waals surface area contributed by atoms with Crippen LogP contribution in [0.1, 0.15) is 31.0 Å². The van der Waals surface area contributed by atoms with Crippen molar-refractivity contribution < 1.29 is 13.9 Å². The highest BCUT2D eigenvalue weighted by molar-refractivity contribution is 5.85. The highest BCUT2D eigenvalue weighted by Crippen LogP contribution is 2.33. The highest BCUT2D eigenvalue weighted by Gasteiger charge is 2.37. The lowest BCUT2D eigenvalue weighted by Crippen LogP contribution is -2.37. The smallest absolute Gasteiger partial charge is 0.313 e. The Morgan fingerprint density at radius 3 is 2.44 bits per heavy atom. The number of hydrogen-bond donors (Lipinski definition) is 1. The van der Waals surface area contributed by atoms with Crippen LogP contribution in [0.2, 0.25) is 0 Å². The second-order valence-electron chi connectivity index (χ2n) is 4.72. The van der Waals surface area contributed by atoms with Crippen molar-refractivity contribution >= 4 is 18.4 Å². The molecule has 1 rings (SSSR count). The van der Waals surface area contributed by atoms with Gasteiger partial charge in [0.2, 0.25) is 0 Å². The molecule has 0 aliphatic heterocycles. The fourth-order valence-corrected chi connectivity index (χ4v) is 1.66. The molecule has 0 amide bonds. The van der Waals surface area contributed by atoms with Crippen LogP contribution in [0.5, 0.6) is 0 Å². The third-order valence-corrected chi connectivity index (χ3v) is 2.98. The SMILES string of the molecule is COC(=O)C(C)(C)[C@H](N)c1ccc(C)cc1F.Cl. The van der Waals surface area contributed by atoms with Crippen LogP contribution in [-0.4, -0.2) is 13.1 Å².